The summed E-state index contributed by atoms with van der Waals surface area (Å²) in [5, 5.41) is 0.941. The van der Waals surface area contributed by atoms with Gasteiger partial charge in [0.25, 0.3) is 0 Å². The van der Waals surface area contributed by atoms with Crippen molar-refractivity contribution in [2.75, 3.05) is 36.8 Å². The number of fused-ring (bicyclic) bond motifs is 1. The molecule has 0 spiro atoms. The van der Waals surface area contributed by atoms with Crippen LogP contribution < -0.4 is 10.6 Å². The van der Waals surface area contributed by atoms with Crippen molar-refractivity contribution in [2.45, 2.75) is 19.9 Å². The second kappa shape index (κ2) is 6.57. The maximum absolute atomic E-state index is 13.2. The number of nitrogen functional groups attached to an aromatic ring is 1. The Morgan fingerprint density at radius 3 is 2.42 bits per heavy atom. The van der Waals surface area contributed by atoms with Crippen LogP contribution in [0.15, 0.2) is 30.3 Å². The first-order chi connectivity index (χ1) is 12.5. The van der Waals surface area contributed by atoms with E-state index >= 15 is 0 Å². The lowest BCUT2D eigenvalue weighted by Gasteiger charge is -2.37. The molecule has 3 N–H and O–H groups in total. The van der Waals surface area contributed by atoms with Crippen molar-refractivity contribution in [3.05, 3.63) is 36.1 Å². The normalized spacial score (nSPS) is 15.9. The molecule has 26 heavy (non-hydrogen) atoms. The van der Waals surface area contributed by atoms with Crippen LogP contribution >= 0.6 is 0 Å². The fourth-order valence-corrected chi connectivity index (χ4v) is 3.49. The molecule has 1 aliphatic rings. The number of anilines is 2. The third-order valence-electron chi connectivity index (χ3n) is 4.98. The van der Waals surface area contributed by atoms with E-state index in [4.69, 9.17) is 5.73 Å². The quantitative estimate of drug-likeness (QED) is 0.757. The standard InChI is InChI=1S/C19H23FN6/c1-12(2)25-7-9-26(10-8-25)18-15-11-16(13-3-5-14(20)6-4-13)22-17(15)23-19(21)24-18/h3-6,11-12H,7-10H2,1-2H3,(H3,21,22,23,24). The molecule has 0 saturated carbocycles. The molecule has 136 valence electrons. The molecule has 3 aromatic rings. The minimum atomic E-state index is -0.252. The Hall–Kier alpha value is -2.67. The maximum Gasteiger partial charge on any atom is 0.223 e. The highest BCUT2D eigenvalue weighted by atomic mass is 19.1. The van der Waals surface area contributed by atoms with Crippen LogP contribution in [0.1, 0.15) is 13.8 Å². The molecule has 1 aromatic carbocycles. The third kappa shape index (κ3) is 3.10. The summed E-state index contributed by atoms with van der Waals surface area (Å²) in [6, 6.07) is 8.96. The van der Waals surface area contributed by atoms with Gasteiger partial charge in [-0.1, -0.05) is 0 Å². The predicted octanol–water partition coefficient (Wildman–Crippen LogP) is 2.88. The zero-order valence-electron chi connectivity index (χ0n) is 15.0. The molecule has 0 unspecified atom stereocenters. The number of nitrogens with one attached hydrogen (secondary N) is 1. The molecule has 1 aliphatic heterocycles. The number of aromatic nitrogens is 3. The van der Waals surface area contributed by atoms with Crippen LogP contribution in [0, 0.1) is 5.82 Å². The molecule has 0 bridgehead atoms. The first-order valence-electron chi connectivity index (χ1n) is 8.92. The zero-order chi connectivity index (χ0) is 18.3. The second-order valence-electron chi connectivity index (χ2n) is 6.97. The molecular weight excluding hydrogens is 331 g/mol. The van der Waals surface area contributed by atoms with Gasteiger partial charge < -0.3 is 15.6 Å². The number of aromatic amines is 1. The van der Waals surface area contributed by atoms with Gasteiger partial charge in [-0.25, -0.2) is 4.39 Å². The minimum Gasteiger partial charge on any atom is -0.368 e. The van der Waals surface area contributed by atoms with E-state index in [2.05, 4.69) is 38.6 Å². The molecular formula is C19H23FN6. The van der Waals surface area contributed by atoms with E-state index < -0.39 is 0 Å². The van der Waals surface area contributed by atoms with Gasteiger partial charge in [-0.15, -0.1) is 0 Å². The summed E-state index contributed by atoms with van der Waals surface area (Å²) in [5.41, 5.74) is 8.43. The molecule has 4 rings (SSSR count). The van der Waals surface area contributed by atoms with Crippen LogP contribution in [-0.2, 0) is 0 Å². The van der Waals surface area contributed by atoms with Crippen molar-refractivity contribution in [2.24, 2.45) is 0 Å². The topological polar surface area (TPSA) is 74.1 Å². The number of H-pyrrole nitrogens is 1. The smallest absolute Gasteiger partial charge is 0.223 e. The van der Waals surface area contributed by atoms with Crippen molar-refractivity contribution in [1.82, 2.24) is 19.9 Å². The lowest BCUT2D eigenvalue weighted by Crippen LogP contribution is -2.49. The summed E-state index contributed by atoms with van der Waals surface area (Å²) in [4.78, 5) is 16.9. The Morgan fingerprint density at radius 2 is 1.77 bits per heavy atom. The van der Waals surface area contributed by atoms with E-state index in [-0.39, 0.29) is 11.8 Å². The number of hydrogen-bond donors (Lipinski definition) is 2. The highest BCUT2D eigenvalue weighted by molar-refractivity contribution is 5.92. The molecule has 7 heteroatoms. The van der Waals surface area contributed by atoms with Gasteiger partial charge >= 0.3 is 0 Å². The highest BCUT2D eigenvalue weighted by Gasteiger charge is 2.22. The van der Waals surface area contributed by atoms with E-state index in [1.165, 1.54) is 12.1 Å². The van der Waals surface area contributed by atoms with Crippen LogP contribution in [0.4, 0.5) is 16.2 Å². The molecule has 0 amide bonds. The molecule has 6 nitrogen and oxygen atoms in total. The summed E-state index contributed by atoms with van der Waals surface area (Å²) < 4.78 is 13.2. The van der Waals surface area contributed by atoms with E-state index in [0.717, 1.165) is 48.6 Å². The van der Waals surface area contributed by atoms with Crippen molar-refractivity contribution < 1.29 is 4.39 Å². The van der Waals surface area contributed by atoms with Gasteiger partial charge in [0.2, 0.25) is 5.95 Å². The SMILES string of the molecule is CC(C)N1CCN(c2nc(N)nc3[nH]c(-c4ccc(F)cc4)cc23)CC1. The van der Waals surface area contributed by atoms with Gasteiger partial charge in [-0.05, 0) is 49.7 Å². The second-order valence-corrected chi connectivity index (χ2v) is 6.97. The van der Waals surface area contributed by atoms with Crippen LogP contribution in [0.5, 0.6) is 0 Å². The first kappa shape index (κ1) is 16.8. The minimum absolute atomic E-state index is 0.252. The Kier molecular flexibility index (Phi) is 4.24. The van der Waals surface area contributed by atoms with Gasteiger partial charge in [-0.2, -0.15) is 9.97 Å². The molecule has 0 atom stereocenters. The summed E-state index contributed by atoms with van der Waals surface area (Å²) in [5.74, 6) is 0.865. The largest absolute Gasteiger partial charge is 0.368 e. The van der Waals surface area contributed by atoms with Gasteiger partial charge in [0.05, 0.1) is 5.39 Å². The fourth-order valence-electron chi connectivity index (χ4n) is 3.49. The predicted molar refractivity (Wildman–Crippen MR) is 103 cm³/mol. The van der Waals surface area contributed by atoms with Gasteiger partial charge in [-0.3, -0.25) is 4.90 Å². The van der Waals surface area contributed by atoms with Crippen LogP contribution in [0.25, 0.3) is 22.3 Å². The van der Waals surface area contributed by atoms with Crippen molar-refractivity contribution in [3.8, 4) is 11.3 Å². The molecule has 0 aliphatic carbocycles. The van der Waals surface area contributed by atoms with Crippen LogP contribution in [-0.4, -0.2) is 52.1 Å². The molecule has 2 aromatic heterocycles. The number of benzene rings is 1. The molecule has 1 fully saturated rings. The number of nitrogens with two attached hydrogens (primary N) is 1. The Bertz CT molecular complexity index is 910. The molecule has 3 heterocycles. The lowest BCUT2D eigenvalue weighted by molar-refractivity contribution is 0.209. The molecule has 1 saturated heterocycles. The third-order valence-corrected chi connectivity index (χ3v) is 4.98. The number of hydrogen-bond acceptors (Lipinski definition) is 5. The van der Waals surface area contributed by atoms with Crippen LogP contribution in [0.2, 0.25) is 0 Å². The van der Waals surface area contributed by atoms with Crippen LogP contribution in [0.3, 0.4) is 0 Å². The fraction of sp³-hybridized carbons (Fsp3) is 0.368. The van der Waals surface area contributed by atoms with Crippen molar-refractivity contribution >= 4 is 22.8 Å². The lowest BCUT2D eigenvalue weighted by atomic mass is 10.1. The van der Waals surface area contributed by atoms with Gasteiger partial charge in [0, 0.05) is 37.9 Å². The Labute approximate surface area is 151 Å². The number of nitrogens with zero attached hydrogens (tertiary/aromatic N) is 4. The van der Waals surface area contributed by atoms with E-state index in [1.807, 2.05) is 6.07 Å². The van der Waals surface area contributed by atoms with E-state index in [1.54, 1.807) is 12.1 Å². The summed E-state index contributed by atoms with van der Waals surface area (Å²) >= 11 is 0. The monoisotopic (exact) mass is 354 g/mol. The van der Waals surface area contributed by atoms with Gasteiger partial charge in [0.15, 0.2) is 0 Å². The first-order valence-corrected chi connectivity index (χ1v) is 8.92. The van der Waals surface area contributed by atoms with Crippen molar-refractivity contribution in [3.63, 3.8) is 0 Å². The maximum atomic E-state index is 13.2. The average molecular weight is 354 g/mol. The van der Waals surface area contributed by atoms with Gasteiger partial charge in [0.1, 0.15) is 17.3 Å². The number of piperazine rings is 1. The van der Waals surface area contributed by atoms with E-state index in [0.29, 0.717) is 11.7 Å². The summed E-state index contributed by atoms with van der Waals surface area (Å²) in [6.45, 7) is 8.24. The van der Waals surface area contributed by atoms with Crippen molar-refractivity contribution in [1.29, 1.82) is 0 Å². The Morgan fingerprint density at radius 1 is 1.08 bits per heavy atom. The van der Waals surface area contributed by atoms with E-state index in [9.17, 15) is 4.39 Å². The number of halogens is 1. The summed E-state index contributed by atoms with van der Waals surface area (Å²) in [7, 11) is 0. The Balaban J connectivity index is 1.70. The zero-order valence-corrected chi connectivity index (χ0v) is 15.0. The molecule has 0 radical (unpaired) electrons. The highest BCUT2D eigenvalue weighted by Crippen LogP contribution is 2.30. The summed E-state index contributed by atoms with van der Waals surface area (Å²) in [6.07, 6.45) is 0. The number of rotatable bonds is 3. The average Bonchev–Trinajstić information content (AvgIpc) is 3.05.